The Labute approximate surface area is 159 Å². The van der Waals surface area contributed by atoms with E-state index < -0.39 is 0 Å². The van der Waals surface area contributed by atoms with Gasteiger partial charge in [0.15, 0.2) is 0 Å². The number of benzene rings is 2. The minimum Gasteiger partial charge on any atom is -0.368 e. The van der Waals surface area contributed by atoms with Crippen molar-refractivity contribution in [1.82, 2.24) is 4.90 Å². The van der Waals surface area contributed by atoms with Crippen LogP contribution in [0.4, 0.5) is 5.69 Å². The Balaban J connectivity index is 1.56. The summed E-state index contributed by atoms with van der Waals surface area (Å²) in [5.74, 6) is 0.443. The molecule has 130 valence electrons. The molecule has 0 saturated carbocycles. The maximum atomic E-state index is 8.90. The number of piperazine rings is 1. The van der Waals surface area contributed by atoms with Crippen LogP contribution in [-0.2, 0) is 0 Å². The molecule has 1 aliphatic rings. The maximum absolute atomic E-state index is 8.90. The smallest absolute Gasteiger partial charge is 0.0991 e. The SMILES string of the molecule is CC(CN1CCN(c2ccc(Cl)cc2Cl)CC1)c1ccc(C#N)cc1. The molecule has 3 rings (SSSR count). The molecule has 0 bridgehead atoms. The van der Waals surface area contributed by atoms with Crippen LogP contribution in [0.3, 0.4) is 0 Å². The van der Waals surface area contributed by atoms with Crippen LogP contribution in [0.25, 0.3) is 0 Å². The molecule has 1 aliphatic heterocycles. The summed E-state index contributed by atoms with van der Waals surface area (Å²) < 4.78 is 0. The molecule has 0 aromatic heterocycles. The van der Waals surface area contributed by atoms with E-state index >= 15 is 0 Å². The topological polar surface area (TPSA) is 30.3 Å². The zero-order valence-corrected chi connectivity index (χ0v) is 15.8. The van der Waals surface area contributed by atoms with Crippen LogP contribution in [0.2, 0.25) is 10.0 Å². The molecule has 0 spiro atoms. The van der Waals surface area contributed by atoms with Crippen molar-refractivity contribution in [3.8, 4) is 6.07 Å². The van der Waals surface area contributed by atoms with Crippen molar-refractivity contribution < 1.29 is 0 Å². The molecular formula is C20H21Cl2N3. The quantitative estimate of drug-likeness (QED) is 0.771. The fourth-order valence-electron chi connectivity index (χ4n) is 3.29. The Hall–Kier alpha value is -1.73. The third-order valence-corrected chi connectivity index (χ3v) is 5.30. The Kier molecular flexibility index (Phi) is 5.86. The van der Waals surface area contributed by atoms with E-state index in [9.17, 15) is 0 Å². The third-order valence-electron chi connectivity index (χ3n) is 4.76. The molecule has 3 nitrogen and oxygen atoms in total. The molecule has 1 unspecified atom stereocenters. The first-order valence-corrected chi connectivity index (χ1v) is 9.25. The minimum atomic E-state index is 0.443. The number of anilines is 1. The molecule has 5 heteroatoms. The lowest BCUT2D eigenvalue weighted by Crippen LogP contribution is -2.47. The van der Waals surface area contributed by atoms with Crippen molar-refractivity contribution in [1.29, 1.82) is 5.26 Å². The Morgan fingerprint density at radius 2 is 1.72 bits per heavy atom. The zero-order chi connectivity index (χ0) is 17.8. The second kappa shape index (κ2) is 8.10. The van der Waals surface area contributed by atoms with Gasteiger partial charge in [-0.15, -0.1) is 0 Å². The Bertz CT molecular complexity index is 760. The van der Waals surface area contributed by atoms with Crippen molar-refractivity contribution >= 4 is 28.9 Å². The van der Waals surface area contributed by atoms with Crippen molar-refractivity contribution in [2.24, 2.45) is 0 Å². The maximum Gasteiger partial charge on any atom is 0.0991 e. The first-order chi connectivity index (χ1) is 12.1. The molecule has 0 aliphatic carbocycles. The van der Waals surface area contributed by atoms with Gasteiger partial charge in [0, 0.05) is 37.7 Å². The largest absolute Gasteiger partial charge is 0.368 e. The molecular weight excluding hydrogens is 353 g/mol. The summed E-state index contributed by atoms with van der Waals surface area (Å²) in [6, 6.07) is 15.8. The van der Waals surface area contributed by atoms with E-state index in [0.29, 0.717) is 21.5 Å². The summed E-state index contributed by atoms with van der Waals surface area (Å²) >= 11 is 12.3. The monoisotopic (exact) mass is 373 g/mol. The van der Waals surface area contributed by atoms with E-state index in [2.05, 4.69) is 34.9 Å². The van der Waals surface area contributed by atoms with Gasteiger partial charge >= 0.3 is 0 Å². The highest BCUT2D eigenvalue weighted by Crippen LogP contribution is 2.29. The minimum absolute atomic E-state index is 0.443. The molecule has 25 heavy (non-hydrogen) atoms. The highest BCUT2D eigenvalue weighted by Gasteiger charge is 2.20. The lowest BCUT2D eigenvalue weighted by atomic mass is 9.99. The van der Waals surface area contributed by atoms with Gasteiger partial charge in [0.25, 0.3) is 0 Å². The van der Waals surface area contributed by atoms with Crippen LogP contribution in [0.15, 0.2) is 42.5 Å². The molecule has 1 saturated heterocycles. The van der Waals surface area contributed by atoms with Crippen molar-refractivity contribution in [3.63, 3.8) is 0 Å². The number of halogens is 2. The predicted molar refractivity (Wildman–Crippen MR) is 105 cm³/mol. The van der Waals surface area contributed by atoms with Crippen LogP contribution in [0.1, 0.15) is 24.0 Å². The summed E-state index contributed by atoms with van der Waals surface area (Å²) in [5.41, 5.74) is 3.05. The Morgan fingerprint density at radius 3 is 2.32 bits per heavy atom. The van der Waals surface area contributed by atoms with E-state index in [1.54, 1.807) is 6.07 Å². The van der Waals surface area contributed by atoms with Gasteiger partial charge in [-0.1, -0.05) is 42.3 Å². The fraction of sp³-hybridized carbons (Fsp3) is 0.350. The molecule has 1 atom stereocenters. The second-order valence-corrected chi connectivity index (χ2v) is 7.36. The van der Waals surface area contributed by atoms with Gasteiger partial charge in [0.1, 0.15) is 0 Å². The number of hydrogen-bond acceptors (Lipinski definition) is 3. The van der Waals surface area contributed by atoms with Crippen LogP contribution >= 0.6 is 23.2 Å². The fourth-order valence-corrected chi connectivity index (χ4v) is 3.82. The molecule has 2 aromatic rings. The van der Waals surface area contributed by atoms with Crippen LogP contribution < -0.4 is 4.90 Å². The summed E-state index contributed by atoms with van der Waals surface area (Å²) in [6.07, 6.45) is 0. The van der Waals surface area contributed by atoms with E-state index in [4.69, 9.17) is 28.5 Å². The van der Waals surface area contributed by atoms with Gasteiger partial charge in [0.05, 0.1) is 22.3 Å². The van der Waals surface area contributed by atoms with Crippen LogP contribution in [-0.4, -0.2) is 37.6 Å². The molecule has 0 amide bonds. The lowest BCUT2D eigenvalue weighted by Gasteiger charge is -2.37. The molecule has 0 radical (unpaired) electrons. The van der Waals surface area contributed by atoms with Gasteiger partial charge in [-0.05, 0) is 41.8 Å². The van der Waals surface area contributed by atoms with Crippen LogP contribution in [0, 0.1) is 11.3 Å². The molecule has 0 N–H and O–H groups in total. The predicted octanol–water partition coefficient (Wildman–Crippen LogP) is 4.79. The van der Waals surface area contributed by atoms with E-state index in [0.717, 1.165) is 38.4 Å². The van der Waals surface area contributed by atoms with Crippen LogP contribution in [0.5, 0.6) is 0 Å². The van der Waals surface area contributed by atoms with E-state index in [1.807, 2.05) is 24.3 Å². The summed E-state index contributed by atoms with van der Waals surface area (Å²) in [7, 11) is 0. The van der Waals surface area contributed by atoms with Gasteiger partial charge in [-0.3, -0.25) is 4.90 Å². The van der Waals surface area contributed by atoms with Gasteiger partial charge in [0.2, 0.25) is 0 Å². The first-order valence-electron chi connectivity index (χ1n) is 8.49. The van der Waals surface area contributed by atoms with Crippen molar-refractivity contribution in [2.45, 2.75) is 12.8 Å². The summed E-state index contributed by atoms with van der Waals surface area (Å²) in [5, 5.41) is 10.3. The molecule has 2 aromatic carbocycles. The number of nitriles is 1. The molecule has 1 heterocycles. The highest BCUT2D eigenvalue weighted by atomic mass is 35.5. The van der Waals surface area contributed by atoms with Gasteiger partial charge in [-0.25, -0.2) is 0 Å². The number of nitrogens with zero attached hydrogens (tertiary/aromatic N) is 3. The van der Waals surface area contributed by atoms with E-state index in [-0.39, 0.29) is 0 Å². The number of hydrogen-bond donors (Lipinski definition) is 0. The van der Waals surface area contributed by atoms with Crippen molar-refractivity contribution in [2.75, 3.05) is 37.6 Å². The number of rotatable bonds is 4. The summed E-state index contributed by atoms with van der Waals surface area (Å²) in [6.45, 7) is 7.21. The first kappa shape index (κ1) is 18.1. The third kappa shape index (κ3) is 4.46. The molecule has 1 fully saturated rings. The van der Waals surface area contributed by atoms with Gasteiger partial charge in [-0.2, -0.15) is 5.26 Å². The van der Waals surface area contributed by atoms with Gasteiger partial charge < -0.3 is 4.90 Å². The summed E-state index contributed by atoms with van der Waals surface area (Å²) in [4.78, 5) is 4.81. The average Bonchev–Trinajstić information content (AvgIpc) is 2.63. The Morgan fingerprint density at radius 1 is 1.04 bits per heavy atom. The lowest BCUT2D eigenvalue weighted by molar-refractivity contribution is 0.246. The average molecular weight is 374 g/mol. The highest BCUT2D eigenvalue weighted by molar-refractivity contribution is 6.36. The standard InChI is InChI=1S/C20H21Cl2N3/c1-15(17-4-2-16(13-23)3-5-17)14-24-8-10-25(11-9-24)20-7-6-18(21)12-19(20)22/h2-7,12,15H,8-11,14H2,1H3. The second-order valence-electron chi connectivity index (χ2n) is 6.52. The van der Waals surface area contributed by atoms with E-state index in [1.165, 1.54) is 5.56 Å². The zero-order valence-electron chi connectivity index (χ0n) is 14.3. The normalized spacial score (nSPS) is 16.5. The van der Waals surface area contributed by atoms with Crippen molar-refractivity contribution in [3.05, 3.63) is 63.6 Å².